The van der Waals surface area contributed by atoms with Crippen molar-refractivity contribution in [1.82, 2.24) is 0 Å². The van der Waals surface area contributed by atoms with Gasteiger partial charge in [0.15, 0.2) is 6.61 Å². The van der Waals surface area contributed by atoms with E-state index in [-0.39, 0.29) is 6.61 Å². The Morgan fingerprint density at radius 3 is 2.68 bits per heavy atom. The van der Waals surface area contributed by atoms with Gasteiger partial charge < -0.3 is 14.8 Å². The van der Waals surface area contributed by atoms with E-state index < -0.39 is 11.9 Å². The van der Waals surface area contributed by atoms with Crippen LogP contribution < -0.4 is 10.1 Å². The minimum atomic E-state index is -0.512. The Morgan fingerprint density at radius 1 is 1.18 bits per heavy atom. The summed E-state index contributed by atoms with van der Waals surface area (Å²) in [4.78, 5) is 28.9. The first-order valence-corrected chi connectivity index (χ1v) is 10.6. The minimum absolute atomic E-state index is 0.352. The number of thioether (sulfide) groups is 2. The molecule has 0 radical (unpaired) electrons. The van der Waals surface area contributed by atoms with Crippen LogP contribution in [0, 0.1) is 0 Å². The van der Waals surface area contributed by atoms with Gasteiger partial charge in [-0.2, -0.15) is 0 Å². The fourth-order valence-electron chi connectivity index (χ4n) is 2.47. The van der Waals surface area contributed by atoms with Crippen LogP contribution in [0.25, 0.3) is 0 Å². The summed E-state index contributed by atoms with van der Waals surface area (Å²) in [7, 11) is 1.57. The van der Waals surface area contributed by atoms with Crippen molar-refractivity contribution in [3.05, 3.63) is 59.7 Å². The summed E-state index contributed by atoms with van der Waals surface area (Å²) in [5.41, 5.74) is 1.94. The number of nitrogens with zero attached hydrogens (tertiary/aromatic N) is 1. The number of rotatable bonds is 7. The maximum absolute atomic E-state index is 12.4. The number of aliphatic imine (C=N–C) groups is 1. The molecule has 0 fully saturated rings. The number of nitrogens with one attached hydrogen (secondary N) is 1. The molecule has 146 valence electrons. The van der Waals surface area contributed by atoms with E-state index in [0.717, 1.165) is 22.2 Å². The minimum Gasteiger partial charge on any atom is -0.497 e. The molecule has 8 heteroatoms. The topological polar surface area (TPSA) is 77.0 Å². The normalized spacial score (nSPS) is 13.0. The molecule has 1 aliphatic rings. The molecule has 0 saturated carbocycles. The molecule has 2 aromatic carbocycles. The van der Waals surface area contributed by atoms with Crippen molar-refractivity contribution in [3.63, 3.8) is 0 Å². The molecule has 0 bridgehead atoms. The molecule has 0 saturated heterocycles. The number of methoxy groups -OCH3 is 1. The van der Waals surface area contributed by atoms with E-state index in [9.17, 15) is 9.59 Å². The highest BCUT2D eigenvalue weighted by Gasteiger charge is 2.16. The number of esters is 1. The molecule has 6 nitrogen and oxygen atoms in total. The molecular weight excluding hydrogens is 396 g/mol. The number of carbonyl (C=O) groups is 2. The van der Waals surface area contributed by atoms with Gasteiger partial charge >= 0.3 is 5.97 Å². The summed E-state index contributed by atoms with van der Waals surface area (Å²) in [5, 5.41) is 2.68. The molecule has 1 heterocycles. The van der Waals surface area contributed by atoms with Gasteiger partial charge in [-0.05, 0) is 35.9 Å². The van der Waals surface area contributed by atoms with E-state index in [0.29, 0.717) is 22.8 Å². The standard InChI is InChI=1S/C20H20N2O4S2/c1-25-16-8-6-15(7-9-16)22-18(23)12-26-19(24)17-5-3-2-4-14(17)13-28-20-21-10-11-27-20/h2-9H,10-13H2,1H3,(H,22,23). The summed E-state index contributed by atoms with van der Waals surface area (Å²) in [5.74, 6) is 1.43. The lowest BCUT2D eigenvalue weighted by molar-refractivity contribution is -0.119. The fourth-order valence-corrected chi connectivity index (χ4v) is 4.48. The van der Waals surface area contributed by atoms with E-state index in [1.54, 1.807) is 67.0 Å². The lowest BCUT2D eigenvalue weighted by Crippen LogP contribution is -2.21. The fraction of sp³-hybridized carbons (Fsp3) is 0.250. The summed E-state index contributed by atoms with van der Waals surface area (Å²) < 4.78 is 11.3. The van der Waals surface area contributed by atoms with Gasteiger partial charge in [0.2, 0.25) is 0 Å². The second-order valence-corrected chi connectivity index (χ2v) is 8.10. The molecule has 1 aliphatic heterocycles. The molecule has 0 atom stereocenters. The highest BCUT2D eigenvalue weighted by atomic mass is 32.2. The van der Waals surface area contributed by atoms with Gasteiger partial charge in [0.25, 0.3) is 5.91 Å². The first-order chi connectivity index (χ1) is 13.7. The second kappa shape index (κ2) is 10.2. The number of anilines is 1. The van der Waals surface area contributed by atoms with Crippen molar-refractivity contribution in [2.24, 2.45) is 4.99 Å². The summed E-state index contributed by atoms with van der Waals surface area (Å²) >= 11 is 3.34. The Balaban J connectivity index is 1.53. The van der Waals surface area contributed by atoms with E-state index in [2.05, 4.69) is 10.3 Å². The summed E-state index contributed by atoms with van der Waals surface area (Å²) in [6, 6.07) is 14.2. The van der Waals surface area contributed by atoms with Gasteiger partial charge in [0.05, 0.1) is 19.2 Å². The van der Waals surface area contributed by atoms with Crippen LogP contribution in [0.1, 0.15) is 15.9 Å². The van der Waals surface area contributed by atoms with Gasteiger partial charge in [-0.15, -0.1) is 0 Å². The SMILES string of the molecule is COc1ccc(NC(=O)COC(=O)c2ccccc2CSC2=NCCS2)cc1. The molecule has 0 aromatic heterocycles. The Kier molecular flexibility index (Phi) is 7.39. The van der Waals surface area contributed by atoms with Crippen LogP contribution >= 0.6 is 23.5 Å². The third-order valence-corrected chi connectivity index (χ3v) is 6.16. The van der Waals surface area contributed by atoms with Crippen molar-refractivity contribution in [2.75, 3.05) is 31.3 Å². The average molecular weight is 417 g/mol. The maximum Gasteiger partial charge on any atom is 0.338 e. The van der Waals surface area contributed by atoms with Gasteiger partial charge in [-0.3, -0.25) is 9.79 Å². The van der Waals surface area contributed by atoms with Crippen molar-refractivity contribution in [3.8, 4) is 5.75 Å². The zero-order chi connectivity index (χ0) is 19.8. The van der Waals surface area contributed by atoms with E-state index in [1.807, 2.05) is 12.1 Å². The smallest absolute Gasteiger partial charge is 0.338 e. The van der Waals surface area contributed by atoms with Crippen LogP contribution in [0.5, 0.6) is 5.75 Å². The number of benzene rings is 2. The first kappa shape index (κ1) is 20.3. The van der Waals surface area contributed by atoms with Crippen LogP contribution in [0.2, 0.25) is 0 Å². The zero-order valence-corrected chi connectivity index (χ0v) is 17.0. The molecule has 2 aromatic rings. The average Bonchev–Trinajstić information content (AvgIpc) is 3.25. The molecule has 1 N–H and O–H groups in total. The van der Waals surface area contributed by atoms with Gasteiger partial charge in [-0.25, -0.2) is 4.79 Å². The Hall–Kier alpha value is -2.45. The number of hydrogen-bond acceptors (Lipinski definition) is 7. The molecular formula is C20H20N2O4S2. The van der Waals surface area contributed by atoms with Crippen molar-refractivity contribution in [1.29, 1.82) is 0 Å². The van der Waals surface area contributed by atoms with Gasteiger partial charge in [0, 0.05) is 17.2 Å². The van der Waals surface area contributed by atoms with E-state index in [1.165, 1.54) is 0 Å². The Morgan fingerprint density at radius 2 is 1.96 bits per heavy atom. The van der Waals surface area contributed by atoms with E-state index in [4.69, 9.17) is 9.47 Å². The van der Waals surface area contributed by atoms with Crippen LogP contribution in [-0.2, 0) is 15.3 Å². The molecule has 28 heavy (non-hydrogen) atoms. The molecule has 3 rings (SSSR count). The highest BCUT2D eigenvalue weighted by molar-refractivity contribution is 8.38. The third-order valence-electron chi connectivity index (χ3n) is 3.85. The number of ether oxygens (including phenoxy) is 2. The van der Waals surface area contributed by atoms with Gasteiger partial charge in [0.1, 0.15) is 10.1 Å². The second-order valence-electron chi connectivity index (χ2n) is 5.79. The van der Waals surface area contributed by atoms with Gasteiger partial charge in [-0.1, -0.05) is 41.7 Å². The van der Waals surface area contributed by atoms with Crippen molar-refractivity contribution in [2.45, 2.75) is 5.75 Å². The Labute approximate surface area is 172 Å². The zero-order valence-electron chi connectivity index (χ0n) is 15.3. The third kappa shape index (κ3) is 5.77. The highest BCUT2D eigenvalue weighted by Crippen LogP contribution is 2.26. The predicted octanol–water partition coefficient (Wildman–Crippen LogP) is 3.83. The molecule has 1 amide bonds. The number of hydrogen-bond donors (Lipinski definition) is 1. The summed E-state index contributed by atoms with van der Waals surface area (Å²) in [6.07, 6.45) is 0. The Bertz CT molecular complexity index is 869. The van der Waals surface area contributed by atoms with Crippen LogP contribution in [0.15, 0.2) is 53.5 Å². The molecule has 0 aliphatic carbocycles. The maximum atomic E-state index is 12.4. The first-order valence-electron chi connectivity index (χ1n) is 8.64. The lowest BCUT2D eigenvalue weighted by atomic mass is 10.1. The number of amides is 1. The molecule has 0 unspecified atom stereocenters. The van der Waals surface area contributed by atoms with Crippen molar-refractivity contribution >= 4 is 45.5 Å². The van der Waals surface area contributed by atoms with Crippen molar-refractivity contribution < 1.29 is 19.1 Å². The van der Waals surface area contributed by atoms with Crippen LogP contribution in [-0.4, -0.2) is 42.3 Å². The summed E-state index contributed by atoms with van der Waals surface area (Å²) in [6.45, 7) is 0.495. The quantitative estimate of drug-likeness (QED) is 0.692. The lowest BCUT2D eigenvalue weighted by Gasteiger charge is -2.10. The monoisotopic (exact) mass is 416 g/mol. The number of carbonyl (C=O) groups excluding carboxylic acids is 2. The van der Waals surface area contributed by atoms with E-state index >= 15 is 0 Å². The molecule has 0 spiro atoms. The van der Waals surface area contributed by atoms with Crippen LogP contribution in [0.3, 0.4) is 0 Å². The van der Waals surface area contributed by atoms with Crippen LogP contribution in [0.4, 0.5) is 5.69 Å². The largest absolute Gasteiger partial charge is 0.497 e. The predicted molar refractivity (Wildman–Crippen MR) is 114 cm³/mol.